The molecule has 0 bridgehead atoms. The first kappa shape index (κ1) is 32.7. The number of alkyl halides is 5. The lowest BCUT2D eigenvalue weighted by atomic mass is 9.95. The van der Waals surface area contributed by atoms with Gasteiger partial charge in [-0.05, 0) is 104 Å². The summed E-state index contributed by atoms with van der Waals surface area (Å²) in [5.41, 5.74) is 1.58. The number of unbranched alkanes of at least 4 members (excludes halogenated alkanes) is 1. The van der Waals surface area contributed by atoms with Crippen LogP contribution in [0.4, 0.5) is 22.0 Å². The van der Waals surface area contributed by atoms with Gasteiger partial charge in [0.15, 0.2) is 5.78 Å². The fraction of sp³-hybridized carbons (Fsp3) is 0.312. The Balaban J connectivity index is 1.34. The summed E-state index contributed by atoms with van der Waals surface area (Å²) < 4.78 is 69.5. The number of carboxylic acids is 1. The summed E-state index contributed by atoms with van der Waals surface area (Å²) in [4.78, 5) is 25.8. The molecule has 1 aromatic heterocycles. The number of thiophene rings is 1. The molecule has 4 rings (SSSR count). The minimum Gasteiger partial charge on any atom is -0.508 e. The van der Waals surface area contributed by atoms with Gasteiger partial charge in [0.2, 0.25) is 0 Å². The van der Waals surface area contributed by atoms with Crippen LogP contribution >= 0.6 is 11.3 Å². The first-order chi connectivity index (χ1) is 20.8. The van der Waals surface area contributed by atoms with E-state index in [0.717, 1.165) is 10.3 Å². The highest BCUT2D eigenvalue weighted by Crippen LogP contribution is 2.42. The average Bonchev–Trinajstić information content (AvgIpc) is 3.34. The summed E-state index contributed by atoms with van der Waals surface area (Å²) in [6.45, 7) is 0.204. The van der Waals surface area contributed by atoms with E-state index in [0.29, 0.717) is 40.0 Å². The lowest BCUT2D eigenvalue weighted by Crippen LogP contribution is -2.36. The predicted molar refractivity (Wildman–Crippen MR) is 156 cm³/mol. The highest BCUT2D eigenvalue weighted by atomic mass is 32.1. The zero-order valence-corrected chi connectivity index (χ0v) is 24.1. The normalized spacial score (nSPS) is 12.8. The van der Waals surface area contributed by atoms with Crippen molar-refractivity contribution < 1.29 is 51.6 Å². The number of aliphatic carboxylic acids is 1. The van der Waals surface area contributed by atoms with Crippen LogP contribution in [0.2, 0.25) is 0 Å². The third-order valence-corrected chi connectivity index (χ3v) is 8.37. The van der Waals surface area contributed by atoms with E-state index in [-0.39, 0.29) is 36.7 Å². The van der Waals surface area contributed by atoms with Crippen LogP contribution in [-0.4, -0.2) is 45.8 Å². The number of carbonyl (C=O) groups excluding carboxylic acids is 1. The average molecular weight is 637 g/mol. The maximum atomic E-state index is 13.7. The molecule has 12 heteroatoms. The molecule has 3 N–H and O–H groups in total. The van der Waals surface area contributed by atoms with Gasteiger partial charge in [-0.15, -0.1) is 11.3 Å². The molecule has 4 aromatic rings. The lowest BCUT2D eigenvalue weighted by molar-refractivity contribution is -0.284. The Labute approximate surface area is 253 Å². The molecule has 0 radical (unpaired) electrons. The summed E-state index contributed by atoms with van der Waals surface area (Å²) in [6.07, 6.45) is -7.06. The van der Waals surface area contributed by atoms with E-state index in [2.05, 4.69) is 0 Å². The van der Waals surface area contributed by atoms with Crippen molar-refractivity contribution >= 4 is 33.2 Å². The largest absolute Gasteiger partial charge is 0.508 e. The van der Waals surface area contributed by atoms with Crippen molar-refractivity contribution in [1.29, 1.82) is 0 Å². The summed E-state index contributed by atoms with van der Waals surface area (Å²) in [7, 11) is 0. The van der Waals surface area contributed by atoms with Crippen LogP contribution in [0.5, 0.6) is 17.2 Å². The van der Waals surface area contributed by atoms with Crippen molar-refractivity contribution in [3.63, 3.8) is 0 Å². The fourth-order valence-electron chi connectivity index (χ4n) is 4.76. The quantitative estimate of drug-likeness (QED) is 0.0726. The summed E-state index contributed by atoms with van der Waals surface area (Å²) in [5.74, 6) is -6.75. The second-order valence-electron chi connectivity index (χ2n) is 10.4. The van der Waals surface area contributed by atoms with Gasteiger partial charge < -0.3 is 20.1 Å². The van der Waals surface area contributed by atoms with E-state index < -0.39 is 36.8 Å². The van der Waals surface area contributed by atoms with E-state index in [1.54, 1.807) is 48.5 Å². The molecule has 44 heavy (non-hydrogen) atoms. The van der Waals surface area contributed by atoms with E-state index in [1.165, 1.54) is 29.5 Å². The van der Waals surface area contributed by atoms with Crippen LogP contribution in [0.15, 0.2) is 66.7 Å². The van der Waals surface area contributed by atoms with Crippen LogP contribution in [0.25, 0.3) is 20.5 Å². The van der Waals surface area contributed by atoms with Gasteiger partial charge in [0.25, 0.3) is 0 Å². The molecule has 6 nitrogen and oxygen atoms in total. The number of ketones is 1. The molecule has 0 saturated carbocycles. The number of carboxylic acid groups (broad SMARTS) is 1. The topological polar surface area (TPSA) is 104 Å². The minimum atomic E-state index is -5.66. The molecule has 0 amide bonds. The Kier molecular flexibility index (Phi) is 10.1. The highest BCUT2D eigenvalue weighted by molar-refractivity contribution is 7.22. The highest BCUT2D eigenvalue weighted by Gasteiger charge is 2.56. The number of phenols is 2. The SMILES string of the molecule is O=C(c1ccc(OCCCCC(CCCC(F)(F)C(F)(F)F)C(=O)O)cc1)c1c(-c2ccc(O)cc2)sc2cc(O)ccc12. The number of hydrogen-bond acceptors (Lipinski definition) is 6. The molecule has 3 aromatic carbocycles. The number of hydrogen-bond donors (Lipinski definition) is 3. The molecule has 0 aliphatic heterocycles. The lowest BCUT2D eigenvalue weighted by Gasteiger charge is -2.20. The second kappa shape index (κ2) is 13.6. The van der Waals surface area contributed by atoms with Gasteiger partial charge in [0, 0.05) is 32.5 Å². The molecule has 0 spiro atoms. The summed E-state index contributed by atoms with van der Waals surface area (Å²) in [5, 5.41) is 29.6. The maximum absolute atomic E-state index is 13.7. The second-order valence-corrected chi connectivity index (χ2v) is 11.4. The van der Waals surface area contributed by atoms with Crippen molar-refractivity contribution in [3.8, 4) is 27.7 Å². The van der Waals surface area contributed by atoms with E-state index in [9.17, 15) is 46.9 Å². The number of ether oxygens (including phenoxy) is 1. The Morgan fingerprint density at radius 1 is 0.818 bits per heavy atom. The van der Waals surface area contributed by atoms with Crippen molar-refractivity contribution in [2.24, 2.45) is 5.92 Å². The number of phenolic OH excluding ortho intramolecular Hbond substituents is 2. The van der Waals surface area contributed by atoms with Gasteiger partial charge >= 0.3 is 18.1 Å². The van der Waals surface area contributed by atoms with Gasteiger partial charge in [0.05, 0.1) is 12.5 Å². The van der Waals surface area contributed by atoms with Crippen molar-refractivity contribution in [2.75, 3.05) is 6.61 Å². The van der Waals surface area contributed by atoms with E-state index >= 15 is 0 Å². The molecule has 0 aliphatic rings. The Morgan fingerprint density at radius 2 is 1.45 bits per heavy atom. The Hall–Kier alpha value is -4.19. The fourth-order valence-corrected chi connectivity index (χ4v) is 6.00. The zero-order valence-electron chi connectivity index (χ0n) is 23.2. The zero-order chi connectivity index (χ0) is 32.1. The molecule has 0 fully saturated rings. The first-order valence-electron chi connectivity index (χ1n) is 13.8. The first-order valence-corrected chi connectivity index (χ1v) is 14.6. The van der Waals surface area contributed by atoms with Gasteiger partial charge in [0.1, 0.15) is 17.2 Å². The van der Waals surface area contributed by atoms with Crippen molar-refractivity contribution in [1.82, 2.24) is 0 Å². The van der Waals surface area contributed by atoms with E-state index in [1.807, 2.05) is 0 Å². The molecule has 1 heterocycles. The van der Waals surface area contributed by atoms with Crippen molar-refractivity contribution in [3.05, 3.63) is 77.9 Å². The van der Waals surface area contributed by atoms with Crippen LogP contribution < -0.4 is 4.74 Å². The van der Waals surface area contributed by atoms with Gasteiger partial charge in [-0.25, -0.2) is 0 Å². The number of carbonyl (C=O) groups is 2. The molecule has 1 unspecified atom stereocenters. The third-order valence-electron chi connectivity index (χ3n) is 7.17. The minimum absolute atomic E-state index is 0.0700. The van der Waals surface area contributed by atoms with Crippen LogP contribution in [0.1, 0.15) is 54.4 Å². The summed E-state index contributed by atoms with van der Waals surface area (Å²) >= 11 is 1.35. The van der Waals surface area contributed by atoms with Crippen LogP contribution in [0, 0.1) is 5.92 Å². The third kappa shape index (κ3) is 7.85. The van der Waals surface area contributed by atoms with Gasteiger partial charge in [-0.2, -0.15) is 22.0 Å². The molecule has 234 valence electrons. The van der Waals surface area contributed by atoms with Gasteiger partial charge in [-0.1, -0.05) is 0 Å². The van der Waals surface area contributed by atoms with Crippen LogP contribution in [-0.2, 0) is 4.79 Å². The maximum Gasteiger partial charge on any atom is 0.453 e. The standard InChI is InChI=1S/C32H29F5O6S/c33-31(34,32(35,36)37)16-3-5-21(30(41)42)4-1-2-17-43-24-13-8-19(9-14-24)28(40)27-25-15-12-23(39)18-26(25)44-29(27)20-6-10-22(38)11-7-20/h6-15,18,21,38-39H,1-5,16-17H2,(H,41,42). The molecule has 0 aliphatic carbocycles. The number of aromatic hydroxyl groups is 2. The summed E-state index contributed by atoms with van der Waals surface area (Å²) in [6, 6.07) is 17.7. The molecule has 0 saturated heterocycles. The number of halogens is 5. The Bertz CT molecular complexity index is 1600. The van der Waals surface area contributed by atoms with Crippen LogP contribution in [0.3, 0.4) is 0 Å². The molecular formula is C32H29F5O6S. The predicted octanol–water partition coefficient (Wildman–Crippen LogP) is 8.83. The van der Waals surface area contributed by atoms with E-state index in [4.69, 9.17) is 4.74 Å². The number of fused-ring (bicyclic) bond motifs is 1. The molecular weight excluding hydrogens is 607 g/mol. The number of rotatable bonds is 14. The molecule has 1 atom stereocenters. The smallest absolute Gasteiger partial charge is 0.453 e. The Morgan fingerprint density at radius 3 is 2.09 bits per heavy atom. The monoisotopic (exact) mass is 636 g/mol. The number of benzene rings is 3. The van der Waals surface area contributed by atoms with Gasteiger partial charge in [-0.3, -0.25) is 9.59 Å². The van der Waals surface area contributed by atoms with Crippen molar-refractivity contribution in [2.45, 2.75) is 50.6 Å².